The Hall–Kier alpha value is -1.66. The number of likely N-dealkylation sites (tertiary alicyclic amines) is 1. The van der Waals surface area contributed by atoms with Crippen LogP contribution in [0.1, 0.15) is 18.9 Å². The number of nitrogens with zero attached hydrogens (tertiary/aromatic N) is 2. The van der Waals surface area contributed by atoms with E-state index in [0.29, 0.717) is 39.1 Å². The molecule has 1 spiro atoms. The van der Waals surface area contributed by atoms with Crippen LogP contribution < -0.4 is 5.32 Å². The van der Waals surface area contributed by atoms with Gasteiger partial charge in [0.2, 0.25) is 11.8 Å². The van der Waals surface area contributed by atoms with Crippen molar-refractivity contribution in [2.45, 2.75) is 46.7 Å². The number of morpholine rings is 1. The molecule has 4 aliphatic rings. The Kier molecular flexibility index (Phi) is 8.69. The van der Waals surface area contributed by atoms with Gasteiger partial charge in [-0.3, -0.25) is 19.3 Å². The fourth-order valence-electron chi connectivity index (χ4n) is 6.66. The maximum Gasteiger partial charge on any atom is 0.310 e. The number of hydrogen-bond donors (Lipinski definition) is 2. The normalized spacial score (nSPS) is 33.3. The average Bonchev–Trinajstić information content (AvgIpc) is 3.52. The standard InChI is InChI=1S/C27H36BrN3O6S/c1-2-37-26(35)20-21-25(34)31(18(16-32)14-17-6-4-3-5-7-17)23(27(21)15-19(28)22(20)38-27)24(33)29-8-9-30-10-12-36-13-11-30/h3-7,18-23,32H,2,8-16H2,1H3,(H,29,33)/t18-,19?,20+,21+,22+,23?,27?/m1/s1. The summed E-state index contributed by atoms with van der Waals surface area (Å²) in [5, 5.41) is 13.5. The summed E-state index contributed by atoms with van der Waals surface area (Å²) < 4.78 is 10.1. The number of carbonyl (C=O) groups excluding carboxylic acids is 3. The number of amides is 2. The Morgan fingerprint density at radius 2 is 2.03 bits per heavy atom. The molecule has 1 aromatic carbocycles. The van der Waals surface area contributed by atoms with Crippen molar-refractivity contribution in [3.63, 3.8) is 0 Å². The molecule has 11 heteroatoms. The summed E-state index contributed by atoms with van der Waals surface area (Å²) in [5.41, 5.74) is 0.970. The van der Waals surface area contributed by atoms with Crippen molar-refractivity contribution in [2.24, 2.45) is 11.8 Å². The molecule has 4 heterocycles. The highest BCUT2D eigenvalue weighted by Gasteiger charge is 2.76. The first-order chi connectivity index (χ1) is 18.4. The van der Waals surface area contributed by atoms with Crippen LogP contribution in [0.25, 0.3) is 0 Å². The molecule has 7 atom stereocenters. The summed E-state index contributed by atoms with van der Waals surface area (Å²) in [6, 6.07) is 8.29. The van der Waals surface area contributed by atoms with Gasteiger partial charge in [-0.1, -0.05) is 46.3 Å². The van der Waals surface area contributed by atoms with Crippen molar-refractivity contribution >= 4 is 45.5 Å². The maximum absolute atomic E-state index is 14.2. The Morgan fingerprint density at radius 3 is 2.71 bits per heavy atom. The van der Waals surface area contributed by atoms with Crippen LogP contribution in [0.3, 0.4) is 0 Å². The first kappa shape index (κ1) is 27.9. The number of hydrogen-bond acceptors (Lipinski definition) is 8. The fourth-order valence-corrected chi connectivity index (χ4v) is 10.3. The lowest BCUT2D eigenvalue weighted by Gasteiger charge is -2.37. The number of halogens is 1. The molecule has 2 bridgehead atoms. The first-order valence-corrected chi connectivity index (χ1v) is 15.2. The molecule has 1 aromatic rings. The van der Waals surface area contributed by atoms with E-state index in [9.17, 15) is 19.5 Å². The average molecular weight is 611 g/mol. The summed E-state index contributed by atoms with van der Waals surface area (Å²) in [6.45, 7) is 5.87. The number of benzene rings is 1. The lowest BCUT2D eigenvalue weighted by Crippen LogP contribution is -2.58. The van der Waals surface area contributed by atoms with Gasteiger partial charge in [-0.2, -0.15) is 0 Å². The monoisotopic (exact) mass is 609 g/mol. The van der Waals surface area contributed by atoms with Crippen LogP contribution in [0.2, 0.25) is 0 Å². The van der Waals surface area contributed by atoms with Crippen molar-refractivity contribution in [1.82, 2.24) is 15.1 Å². The third-order valence-corrected chi connectivity index (χ3v) is 11.5. The molecule has 5 rings (SSSR count). The van der Waals surface area contributed by atoms with Crippen LogP contribution in [0.15, 0.2) is 30.3 Å². The minimum absolute atomic E-state index is 0.0174. The number of carbonyl (C=O) groups is 3. The summed E-state index contributed by atoms with van der Waals surface area (Å²) in [4.78, 5) is 45.1. The van der Waals surface area contributed by atoms with Gasteiger partial charge in [-0.15, -0.1) is 11.8 Å². The zero-order valence-corrected chi connectivity index (χ0v) is 24.0. The van der Waals surface area contributed by atoms with Gasteiger partial charge in [0.25, 0.3) is 0 Å². The van der Waals surface area contributed by atoms with E-state index in [-0.39, 0.29) is 41.1 Å². The van der Waals surface area contributed by atoms with Gasteiger partial charge in [0, 0.05) is 36.3 Å². The smallest absolute Gasteiger partial charge is 0.310 e. The zero-order valence-electron chi connectivity index (χ0n) is 21.6. The van der Waals surface area contributed by atoms with Gasteiger partial charge in [-0.05, 0) is 25.3 Å². The van der Waals surface area contributed by atoms with Crippen LogP contribution in [-0.4, -0.2) is 112 Å². The van der Waals surface area contributed by atoms with E-state index in [0.717, 1.165) is 18.7 Å². The van der Waals surface area contributed by atoms with Crippen LogP contribution in [0.4, 0.5) is 0 Å². The molecule has 2 N–H and O–H groups in total. The van der Waals surface area contributed by atoms with Crippen LogP contribution >= 0.6 is 27.7 Å². The maximum atomic E-state index is 14.2. The van der Waals surface area contributed by atoms with Crippen LogP contribution in [0.5, 0.6) is 0 Å². The second-order valence-corrected chi connectivity index (χ2v) is 13.1. The zero-order chi connectivity index (χ0) is 26.9. The molecule has 2 amide bonds. The Balaban J connectivity index is 1.44. The number of esters is 1. The van der Waals surface area contributed by atoms with E-state index in [1.807, 2.05) is 30.3 Å². The highest BCUT2D eigenvalue weighted by molar-refractivity contribution is 9.09. The largest absolute Gasteiger partial charge is 0.466 e. The SMILES string of the molecule is CCOC(=O)[C@H]1[C@H]2C(=O)N([C@@H](CO)Cc3ccccc3)C(C(=O)NCCN3CCOCC3)C23CC(Br)[C@@H]1S3. The van der Waals surface area contributed by atoms with E-state index >= 15 is 0 Å². The third kappa shape index (κ3) is 5.00. The summed E-state index contributed by atoms with van der Waals surface area (Å²) in [5.74, 6) is -2.13. The first-order valence-electron chi connectivity index (χ1n) is 13.4. The van der Waals surface area contributed by atoms with Crippen molar-refractivity contribution in [3.05, 3.63) is 35.9 Å². The van der Waals surface area contributed by atoms with Gasteiger partial charge in [0.1, 0.15) is 6.04 Å². The van der Waals surface area contributed by atoms with Crippen LogP contribution in [-0.2, 0) is 30.3 Å². The van der Waals surface area contributed by atoms with Gasteiger partial charge in [0.15, 0.2) is 0 Å². The molecule has 0 aromatic heterocycles. The fraction of sp³-hybridized carbons (Fsp3) is 0.667. The number of alkyl halides is 1. The summed E-state index contributed by atoms with van der Waals surface area (Å²) in [6.07, 6.45) is 1.01. The molecule has 4 aliphatic heterocycles. The number of rotatable bonds is 10. The lowest BCUT2D eigenvalue weighted by atomic mass is 9.71. The van der Waals surface area contributed by atoms with Gasteiger partial charge in [-0.25, -0.2) is 0 Å². The number of aliphatic hydroxyl groups excluding tert-OH is 1. The topological polar surface area (TPSA) is 108 Å². The number of thioether (sulfide) groups is 1. The van der Waals surface area contributed by atoms with E-state index < -0.39 is 28.7 Å². The predicted octanol–water partition coefficient (Wildman–Crippen LogP) is 1.07. The number of fused-ring (bicyclic) bond motifs is 1. The highest BCUT2D eigenvalue weighted by atomic mass is 79.9. The molecular weight excluding hydrogens is 574 g/mol. The molecule has 9 nitrogen and oxygen atoms in total. The molecule has 4 fully saturated rings. The van der Waals surface area contributed by atoms with Crippen LogP contribution in [0, 0.1) is 11.8 Å². The van der Waals surface area contributed by atoms with Crippen molar-refractivity contribution in [2.75, 3.05) is 52.6 Å². The van der Waals surface area contributed by atoms with Crippen molar-refractivity contribution in [1.29, 1.82) is 0 Å². The number of ether oxygens (including phenoxy) is 2. The Bertz CT molecular complexity index is 1030. The summed E-state index contributed by atoms with van der Waals surface area (Å²) >= 11 is 5.34. The molecule has 0 aliphatic carbocycles. The molecule has 208 valence electrons. The molecule has 38 heavy (non-hydrogen) atoms. The van der Waals surface area contributed by atoms with Gasteiger partial charge < -0.3 is 24.8 Å². The van der Waals surface area contributed by atoms with Crippen molar-refractivity contribution in [3.8, 4) is 0 Å². The van der Waals surface area contributed by atoms with Crippen molar-refractivity contribution < 1.29 is 29.0 Å². The molecule has 4 saturated heterocycles. The quantitative estimate of drug-likeness (QED) is 0.300. The second kappa shape index (κ2) is 11.8. The van der Waals surface area contributed by atoms with Gasteiger partial charge in [0.05, 0.1) is 49.1 Å². The van der Waals surface area contributed by atoms with Gasteiger partial charge >= 0.3 is 5.97 Å². The predicted molar refractivity (Wildman–Crippen MR) is 147 cm³/mol. The van der Waals surface area contributed by atoms with E-state index in [4.69, 9.17) is 9.47 Å². The minimum Gasteiger partial charge on any atom is -0.466 e. The van der Waals surface area contributed by atoms with E-state index in [2.05, 4.69) is 26.1 Å². The van der Waals surface area contributed by atoms with E-state index in [1.54, 1.807) is 23.6 Å². The Morgan fingerprint density at radius 1 is 1.29 bits per heavy atom. The number of aliphatic hydroxyl groups is 1. The third-order valence-electron chi connectivity index (χ3n) is 8.28. The second-order valence-electron chi connectivity index (χ2n) is 10.4. The molecule has 0 saturated carbocycles. The molecule has 0 radical (unpaired) electrons. The minimum atomic E-state index is -0.792. The number of nitrogens with one attached hydrogen (secondary N) is 1. The van der Waals surface area contributed by atoms with E-state index in [1.165, 1.54) is 0 Å². The lowest BCUT2D eigenvalue weighted by molar-refractivity contribution is -0.154. The Labute approximate surface area is 236 Å². The summed E-state index contributed by atoms with van der Waals surface area (Å²) in [7, 11) is 0. The highest BCUT2D eigenvalue weighted by Crippen LogP contribution is 2.68. The molecular formula is C27H36BrN3O6S. The molecule has 3 unspecified atom stereocenters.